The average molecular weight is 940 g/mol. The summed E-state index contributed by atoms with van der Waals surface area (Å²) in [7, 11) is 1.18. The molecule has 0 aromatic carbocycles. The second kappa shape index (κ2) is 47.6. The lowest BCUT2D eigenvalue weighted by atomic mass is 10.0. The van der Waals surface area contributed by atoms with Crippen molar-refractivity contribution in [3.05, 3.63) is 24.3 Å². The van der Waals surface area contributed by atoms with Gasteiger partial charge in [0.25, 0.3) is 7.82 Å². The number of likely N-dealkylation sites (N-methyl/N-ethyl adjacent to an activating group) is 1. The zero-order valence-electron chi connectivity index (χ0n) is 43.5. The molecule has 0 bridgehead atoms. The number of hydrogen-bond donors (Lipinski definition) is 0. The molecule has 0 aliphatic carbocycles. The van der Waals surface area contributed by atoms with Crippen LogP contribution in [0.25, 0.3) is 0 Å². The number of esters is 2. The van der Waals surface area contributed by atoms with Gasteiger partial charge in [0.2, 0.25) is 0 Å². The van der Waals surface area contributed by atoms with E-state index < -0.39 is 26.5 Å². The highest BCUT2D eigenvalue weighted by atomic mass is 31.2. The molecule has 0 radical (unpaired) electrons. The summed E-state index contributed by atoms with van der Waals surface area (Å²) in [5.74, 6) is -0.820. The number of allylic oxidation sites excluding steroid dienone is 4. The van der Waals surface area contributed by atoms with Gasteiger partial charge in [-0.25, -0.2) is 0 Å². The zero-order valence-corrected chi connectivity index (χ0v) is 44.3. The van der Waals surface area contributed by atoms with Crippen LogP contribution in [0.4, 0.5) is 0 Å². The van der Waals surface area contributed by atoms with Gasteiger partial charge in [-0.2, -0.15) is 0 Å². The van der Waals surface area contributed by atoms with Crippen LogP contribution in [0.3, 0.4) is 0 Å². The molecule has 9 nitrogen and oxygen atoms in total. The molecule has 0 spiro atoms. The summed E-state index contributed by atoms with van der Waals surface area (Å²) in [5.41, 5.74) is 0. The Kier molecular flexibility index (Phi) is 46.4. The first-order chi connectivity index (χ1) is 31.5. The van der Waals surface area contributed by atoms with Crippen LogP contribution in [0.2, 0.25) is 0 Å². The van der Waals surface area contributed by atoms with Gasteiger partial charge < -0.3 is 27.9 Å². The molecule has 2 unspecified atom stereocenters. The molecule has 0 heterocycles. The van der Waals surface area contributed by atoms with E-state index in [4.69, 9.17) is 18.5 Å². The van der Waals surface area contributed by atoms with E-state index >= 15 is 0 Å². The molecule has 0 aliphatic rings. The number of nitrogens with zero attached hydrogens (tertiary/aromatic N) is 1. The molecule has 65 heavy (non-hydrogen) atoms. The third-order valence-corrected chi connectivity index (χ3v) is 13.2. The van der Waals surface area contributed by atoms with E-state index in [1.807, 2.05) is 21.1 Å². The largest absolute Gasteiger partial charge is 0.756 e. The number of carbonyl (C=O) groups excluding carboxylic acids is 2. The van der Waals surface area contributed by atoms with E-state index in [0.29, 0.717) is 17.4 Å². The summed E-state index contributed by atoms with van der Waals surface area (Å²) in [6.07, 6.45) is 55.0. The van der Waals surface area contributed by atoms with Crippen molar-refractivity contribution in [2.45, 2.75) is 270 Å². The van der Waals surface area contributed by atoms with Crippen molar-refractivity contribution < 1.29 is 42.1 Å². The van der Waals surface area contributed by atoms with Gasteiger partial charge in [-0.1, -0.05) is 231 Å². The van der Waals surface area contributed by atoms with Crippen molar-refractivity contribution in [3.63, 3.8) is 0 Å². The van der Waals surface area contributed by atoms with E-state index in [2.05, 4.69) is 38.2 Å². The Morgan fingerprint density at radius 3 is 1.22 bits per heavy atom. The molecule has 0 aliphatic heterocycles. The van der Waals surface area contributed by atoms with E-state index in [1.54, 1.807) is 0 Å². The minimum Gasteiger partial charge on any atom is -0.756 e. The molecule has 10 heteroatoms. The van der Waals surface area contributed by atoms with Gasteiger partial charge in [0.05, 0.1) is 27.7 Å². The minimum absolute atomic E-state index is 0.0278. The molecular formula is C55H106NO8P. The number of rotatable bonds is 51. The van der Waals surface area contributed by atoms with Crippen molar-refractivity contribution in [2.24, 2.45) is 0 Å². The molecule has 2 atom stereocenters. The third-order valence-electron chi connectivity index (χ3n) is 12.2. The molecule has 0 saturated heterocycles. The van der Waals surface area contributed by atoms with Crippen molar-refractivity contribution in [2.75, 3.05) is 47.5 Å². The summed E-state index contributed by atoms with van der Waals surface area (Å²) < 4.78 is 34.1. The number of ether oxygens (including phenoxy) is 2. The van der Waals surface area contributed by atoms with Gasteiger partial charge in [-0.15, -0.1) is 0 Å². The first-order valence-corrected chi connectivity index (χ1v) is 29.0. The second-order valence-corrected chi connectivity index (χ2v) is 21.4. The average Bonchev–Trinajstić information content (AvgIpc) is 3.26. The minimum atomic E-state index is -4.63. The summed E-state index contributed by atoms with van der Waals surface area (Å²) >= 11 is 0. The Morgan fingerprint density at radius 1 is 0.477 bits per heavy atom. The van der Waals surface area contributed by atoms with Crippen LogP contribution in [0.15, 0.2) is 24.3 Å². The third kappa shape index (κ3) is 51.7. The predicted octanol–water partition coefficient (Wildman–Crippen LogP) is 16.0. The number of carbonyl (C=O) groups is 2. The Balaban J connectivity index is 4.11. The molecule has 0 fully saturated rings. The standard InChI is InChI=1S/C55H106NO8P/c1-6-8-10-12-14-16-18-20-22-23-24-25-26-27-28-29-30-31-32-33-34-36-38-40-42-44-46-48-55(58)64-53(52-63-65(59,60)62-50-49-56(3,4)5)51-61-54(57)47-45-43-41-39-37-35-21-19-17-15-13-11-9-7-2/h18,20,23-24,53H,6-17,19,21-22,25-52H2,1-5H3/b20-18-,24-23-. The summed E-state index contributed by atoms with van der Waals surface area (Å²) in [5, 5.41) is 0. The van der Waals surface area contributed by atoms with Gasteiger partial charge in [-0.3, -0.25) is 14.2 Å². The first-order valence-electron chi connectivity index (χ1n) is 27.5. The monoisotopic (exact) mass is 940 g/mol. The van der Waals surface area contributed by atoms with Gasteiger partial charge in [0.15, 0.2) is 6.10 Å². The molecule has 0 aromatic rings. The molecule has 384 valence electrons. The summed E-state index contributed by atoms with van der Waals surface area (Å²) in [6, 6.07) is 0. The smallest absolute Gasteiger partial charge is 0.306 e. The topological polar surface area (TPSA) is 111 Å². The van der Waals surface area contributed by atoms with Crippen LogP contribution in [-0.2, 0) is 32.7 Å². The van der Waals surface area contributed by atoms with E-state index in [-0.39, 0.29) is 32.0 Å². The van der Waals surface area contributed by atoms with Crippen LogP contribution in [0.1, 0.15) is 264 Å². The van der Waals surface area contributed by atoms with Crippen LogP contribution < -0.4 is 4.89 Å². The zero-order chi connectivity index (χ0) is 47.8. The number of hydrogen-bond acceptors (Lipinski definition) is 8. The number of phosphoric acid groups is 1. The van der Waals surface area contributed by atoms with Crippen molar-refractivity contribution in [1.82, 2.24) is 0 Å². The highest BCUT2D eigenvalue weighted by Gasteiger charge is 2.21. The Hall–Kier alpha value is -1.51. The lowest BCUT2D eigenvalue weighted by Gasteiger charge is -2.28. The van der Waals surface area contributed by atoms with Crippen molar-refractivity contribution in [1.29, 1.82) is 0 Å². The molecule has 0 amide bonds. The van der Waals surface area contributed by atoms with Gasteiger partial charge in [0.1, 0.15) is 19.8 Å². The fourth-order valence-electron chi connectivity index (χ4n) is 7.92. The molecule has 0 rings (SSSR count). The molecule has 0 N–H and O–H groups in total. The maximum absolute atomic E-state index is 12.8. The van der Waals surface area contributed by atoms with Gasteiger partial charge in [0, 0.05) is 12.8 Å². The highest BCUT2D eigenvalue weighted by molar-refractivity contribution is 7.45. The maximum atomic E-state index is 12.8. The fraction of sp³-hybridized carbons (Fsp3) is 0.891. The fourth-order valence-corrected chi connectivity index (χ4v) is 8.65. The Bertz CT molecular complexity index is 1150. The molecule has 0 saturated carbocycles. The Morgan fingerprint density at radius 2 is 0.831 bits per heavy atom. The SMILES string of the molecule is CCCCCCC/C=C\C/C=C\CCCCCCCCCCCCCCCCCC(=O)OC(COC(=O)CCCCCCCCCCCCCCCC)COP(=O)([O-])OCC[N+](C)(C)C. The van der Waals surface area contributed by atoms with E-state index in [0.717, 1.165) is 38.5 Å². The van der Waals surface area contributed by atoms with Crippen LogP contribution >= 0.6 is 7.82 Å². The number of phosphoric ester groups is 1. The molecule has 0 aromatic heterocycles. The second-order valence-electron chi connectivity index (χ2n) is 20.0. The van der Waals surface area contributed by atoms with Crippen LogP contribution in [0, 0.1) is 0 Å². The lowest BCUT2D eigenvalue weighted by molar-refractivity contribution is -0.870. The highest BCUT2D eigenvalue weighted by Crippen LogP contribution is 2.38. The first kappa shape index (κ1) is 63.5. The number of unbranched alkanes of at least 4 members (excludes halogenated alkanes) is 33. The van der Waals surface area contributed by atoms with E-state index in [9.17, 15) is 19.0 Å². The van der Waals surface area contributed by atoms with E-state index in [1.165, 1.54) is 193 Å². The normalized spacial score (nSPS) is 13.5. The number of quaternary nitrogens is 1. The van der Waals surface area contributed by atoms with Crippen LogP contribution in [0.5, 0.6) is 0 Å². The predicted molar refractivity (Wildman–Crippen MR) is 273 cm³/mol. The van der Waals surface area contributed by atoms with Gasteiger partial charge >= 0.3 is 11.9 Å². The van der Waals surface area contributed by atoms with Crippen molar-refractivity contribution in [3.8, 4) is 0 Å². The molecular weight excluding hydrogens is 834 g/mol. The Labute approximate surface area is 402 Å². The van der Waals surface area contributed by atoms with Crippen LogP contribution in [-0.4, -0.2) is 70.0 Å². The summed E-state index contributed by atoms with van der Waals surface area (Å²) in [4.78, 5) is 37.7. The quantitative estimate of drug-likeness (QED) is 0.0195. The van der Waals surface area contributed by atoms with Gasteiger partial charge in [-0.05, 0) is 44.9 Å². The maximum Gasteiger partial charge on any atom is 0.306 e. The van der Waals surface area contributed by atoms with Crippen molar-refractivity contribution >= 4 is 19.8 Å². The summed E-state index contributed by atoms with van der Waals surface area (Å²) in [6.45, 7) is 4.26. The lowest BCUT2D eigenvalue weighted by Crippen LogP contribution is -2.37.